The Balaban J connectivity index is 2.39. The van der Waals surface area contributed by atoms with Gasteiger partial charge in [0.15, 0.2) is 13.1 Å². The SMILES string of the molecule is CSCC[C@H](N)C(=O)O[N+]1([O-])CC[NH+]([O-])CC1. The lowest BCUT2D eigenvalue weighted by molar-refractivity contribution is -1.09. The van der Waals surface area contributed by atoms with E-state index in [4.69, 9.17) is 10.6 Å². The Morgan fingerprint density at radius 1 is 1.59 bits per heavy atom. The van der Waals surface area contributed by atoms with Crippen molar-refractivity contribution in [2.45, 2.75) is 12.5 Å². The van der Waals surface area contributed by atoms with E-state index in [0.717, 1.165) is 5.75 Å². The smallest absolute Gasteiger partial charge is 0.383 e. The average Bonchev–Trinajstić information content (AvgIpc) is 2.30. The summed E-state index contributed by atoms with van der Waals surface area (Å²) in [6, 6.07) is -0.760. The number of piperazine rings is 1. The highest BCUT2D eigenvalue weighted by Crippen LogP contribution is 2.09. The van der Waals surface area contributed by atoms with Gasteiger partial charge in [0.05, 0.1) is 0 Å². The summed E-state index contributed by atoms with van der Waals surface area (Å²) in [4.78, 5) is 15.3. The number of rotatable bonds is 5. The van der Waals surface area contributed by atoms with Crippen LogP contribution in [0.15, 0.2) is 0 Å². The minimum Gasteiger partial charge on any atom is -0.634 e. The second-order valence-corrected chi connectivity index (χ2v) is 5.08. The molecular weight excluding hydrogens is 246 g/mol. The van der Waals surface area contributed by atoms with E-state index in [-0.39, 0.29) is 31.2 Å². The summed E-state index contributed by atoms with van der Waals surface area (Å²) >= 11 is 1.58. The largest absolute Gasteiger partial charge is 0.634 e. The Labute approximate surface area is 105 Å². The first-order valence-electron chi connectivity index (χ1n) is 5.54. The molecule has 0 amide bonds. The van der Waals surface area contributed by atoms with E-state index in [0.29, 0.717) is 6.42 Å². The van der Waals surface area contributed by atoms with Crippen LogP contribution in [0.5, 0.6) is 0 Å². The fourth-order valence-electron chi connectivity index (χ4n) is 1.51. The minimum absolute atomic E-state index is 0.000177. The molecule has 7 nitrogen and oxygen atoms in total. The molecule has 0 aliphatic carbocycles. The van der Waals surface area contributed by atoms with Crippen LogP contribution in [0.4, 0.5) is 0 Å². The third-order valence-corrected chi connectivity index (χ3v) is 3.30. The molecule has 0 aromatic carbocycles. The average molecular weight is 265 g/mol. The molecule has 0 aromatic rings. The second kappa shape index (κ2) is 6.53. The van der Waals surface area contributed by atoms with Gasteiger partial charge in [-0.25, -0.2) is 4.79 Å². The third kappa shape index (κ3) is 4.78. The number of hydrogen-bond donors (Lipinski definition) is 2. The Morgan fingerprint density at radius 3 is 2.71 bits per heavy atom. The summed E-state index contributed by atoms with van der Waals surface area (Å²) in [7, 11) is 0. The van der Waals surface area contributed by atoms with Crippen molar-refractivity contribution in [2.24, 2.45) is 5.73 Å². The van der Waals surface area contributed by atoms with Crippen molar-refractivity contribution in [1.82, 2.24) is 0 Å². The molecule has 100 valence electrons. The monoisotopic (exact) mass is 265 g/mol. The van der Waals surface area contributed by atoms with Gasteiger partial charge in [-0.15, -0.1) is 0 Å². The molecule has 0 bridgehead atoms. The molecule has 1 aliphatic heterocycles. The molecule has 8 heteroatoms. The molecule has 0 aromatic heterocycles. The Kier molecular flexibility index (Phi) is 5.63. The van der Waals surface area contributed by atoms with Gasteiger partial charge in [0.1, 0.15) is 19.1 Å². The van der Waals surface area contributed by atoms with Crippen molar-refractivity contribution in [3.05, 3.63) is 10.4 Å². The standard InChI is InChI=1S/C9H19N3O4S/c1-17-7-2-8(10)9(13)16-12(15)5-3-11(14)4-6-12/h8,11H,2-7,10H2,1H3/t8-/m0/s1. The van der Waals surface area contributed by atoms with Crippen molar-refractivity contribution in [3.63, 3.8) is 0 Å². The number of carbonyl (C=O) groups excluding carboxylic acids is 1. The molecule has 17 heavy (non-hydrogen) atoms. The third-order valence-electron chi connectivity index (χ3n) is 2.65. The van der Waals surface area contributed by atoms with E-state index in [1.54, 1.807) is 11.8 Å². The van der Waals surface area contributed by atoms with Crippen molar-refractivity contribution in [3.8, 4) is 0 Å². The molecule has 1 rings (SSSR count). The molecule has 3 N–H and O–H groups in total. The number of quaternary nitrogens is 2. The first-order chi connectivity index (χ1) is 7.97. The Bertz CT molecular complexity index is 259. The normalized spacial score (nSPS) is 30.9. The van der Waals surface area contributed by atoms with Crippen LogP contribution < -0.4 is 10.8 Å². The quantitative estimate of drug-likeness (QED) is 0.451. The topological polar surface area (TPSA) is 103 Å². The second-order valence-electron chi connectivity index (χ2n) is 4.10. The van der Waals surface area contributed by atoms with E-state index in [9.17, 15) is 15.2 Å². The van der Waals surface area contributed by atoms with Crippen LogP contribution >= 0.6 is 11.8 Å². The molecule has 0 saturated carbocycles. The molecule has 0 radical (unpaired) electrons. The predicted octanol–water partition coefficient (Wildman–Crippen LogP) is -1.76. The van der Waals surface area contributed by atoms with Crippen molar-refractivity contribution >= 4 is 17.7 Å². The van der Waals surface area contributed by atoms with Crippen LogP contribution in [-0.4, -0.2) is 55.0 Å². The molecule has 0 spiro atoms. The maximum atomic E-state index is 11.9. The number of carbonyl (C=O) groups is 1. The Hall–Kier alpha value is -0.380. The zero-order valence-corrected chi connectivity index (χ0v) is 10.7. The highest BCUT2D eigenvalue weighted by Gasteiger charge is 2.32. The lowest BCUT2D eigenvalue weighted by Crippen LogP contribution is -3.11. The lowest BCUT2D eigenvalue weighted by atomic mass is 10.2. The van der Waals surface area contributed by atoms with Gasteiger partial charge in [0.25, 0.3) is 0 Å². The summed E-state index contributed by atoms with van der Waals surface area (Å²) in [6.45, 7) is 0.327. The molecule has 1 saturated heterocycles. The number of nitrogens with one attached hydrogen (secondary N) is 1. The fourth-order valence-corrected chi connectivity index (χ4v) is 2.00. The van der Waals surface area contributed by atoms with Gasteiger partial charge in [0.2, 0.25) is 0 Å². The summed E-state index contributed by atoms with van der Waals surface area (Å²) in [5.74, 6) is 0.0663. The van der Waals surface area contributed by atoms with Crippen LogP contribution in [0, 0.1) is 10.4 Å². The highest BCUT2D eigenvalue weighted by molar-refractivity contribution is 7.98. The van der Waals surface area contributed by atoms with Gasteiger partial charge in [-0.2, -0.15) is 16.6 Å². The first-order valence-corrected chi connectivity index (χ1v) is 6.94. The first kappa shape index (κ1) is 14.7. The molecule has 1 aliphatic rings. The summed E-state index contributed by atoms with van der Waals surface area (Å²) in [5, 5.41) is 23.0. The number of thioether (sulfide) groups is 1. The van der Waals surface area contributed by atoms with Gasteiger partial charge in [0, 0.05) is 0 Å². The summed E-state index contributed by atoms with van der Waals surface area (Å²) in [6.07, 6.45) is 2.40. The van der Waals surface area contributed by atoms with Gasteiger partial charge in [-0.05, 0) is 18.4 Å². The maximum Gasteiger partial charge on any atom is 0.383 e. The van der Waals surface area contributed by atoms with E-state index in [1.165, 1.54) is 0 Å². The van der Waals surface area contributed by atoms with Crippen LogP contribution in [0.2, 0.25) is 0 Å². The van der Waals surface area contributed by atoms with E-state index < -0.39 is 16.8 Å². The highest BCUT2D eigenvalue weighted by atomic mass is 32.2. The molecule has 0 unspecified atom stereocenters. The molecule has 1 fully saturated rings. The van der Waals surface area contributed by atoms with Crippen molar-refractivity contribution < 1.29 is 19.5 Å². The summed E-state index contributed by atoms with van der Waals surface area (Å²) < 4.78 is 0. The van der Waals surface area contributed by atoms with E-state index >= 15 is 0 Å². The number of nitrogens with zero attached hydrogens (tertiary/aromatic N) is 1. The van der Waals surface area contributed by atoms with Gasteiger partial charge >= 0.3 is 5.97 Å². The number of hydroxylamine groups is 6. The van der Waals surface area contributed by atoms with Gasteiger partial charge in [-0.3, -0.25) is 4.84 Å². The van der Waals surface area contributed by atoms with Gasteiger partial charge < -0.3 is 21.2 Å². The van der Waals surface area contributed by atoms with Crippen LogP contribution in [0.3, 0.4) is 0 Å². The molecule has 1 heterocycles. The van der Waals surface area contributed by atoms with Crippen molar-refractivity contribution in [1.29, 1.82) is 0 Å². The minimum atomic E-state index is -1.07. The van der Waals surface area contributed by atoms with E-state index in [2.05, 4.69) is 0 Å². The number of nitrogens with two attached hydrogens (primary N) is 1. The van der Waals surface area contributed by atoms with Crippen LogP contribution in [-0.2, 0) is 9.63 Å². The molecular formula is C9H19N3O4S. The van der Waals surface area contributed by atoms with Crippen LogP contribution in [0.1, 0.15) is 6.42 Å². The fraction of sp³-hybridized carbons (Fsp3) is 0.889. The maximum absolute atomic E-state index is 11.9. The van der Waals surface area contributed by atoms with Gasteiger partial charge in [-0.1, -0.05) is 0 Å². The van der Waals surface area contributed by atoms with E-state index in [1.807, 2.05) is 6.26 Å². The zero-order chi connectivity index (χ0) is 12.9. The molecule has 1 atom stereocenters. The zero-order valence-electron chi connectivity index (χ0n) is 9.89. The van der Waals surface area contributed by atoms with Crippen molar-refractivity contribution in [2.75, 3.05) is 38.2 Å². The van der Waals surface area contributed by atoms with Crippen LogP contribution in [0.25, 0.3) is 0 Å². The lowest BCUT2D eigenvalue weighted by Gasteiger charge is -2.43. The Morgan fingerprint density at radius 2 is 2.18 bits per heavy atom. The predicted molar refractivity (Wildman–Crippen MR) is 64.5 cm³/mol. The summed E-state index contributed by atoms with van der Waals surface area (Å²) in [5.41, 5.74) is 5.60. The number of hydrogen-bond acceptors (Lipinski definition) is 6.